The van der Waals surface area contributed by atoms with Crippen LogP contribution in [0.5, 0.6) is 0 Å². The van der Waals surface area contributed by atoms with Crippen LogP contribution in [0.1, 0.15) is 39.7 Å². The molecule has 0 aliphatic carbocycles. The van der Waals surface area contributed by atoms with Crippen LogP contribution in [0.3, 0.4) is 0 Å². The molecule has 92 valence electrons. The molecule has 1 atom stereocenters. The first kappa shape index (κ1) is 15.5. The standard InChI is InChI=1S/C14H23N.ClH/c1-5-13(14(2,3)4)15-11-12-9-7-6-8-10-12;/h6-10,13,15H,5,11H2,1-4H3;1H. The Morgan fingerprint density at radius 2 is 1.69 bits per heavy atom. The van der Waals surface area contributed by atoms with E-state index < -0.39 is 0 Å². The molecule has 0 amide bonds. The summed E-state index contributed by atoms with van der Waals surface area (Å²) in [7, 11) is 0. The highest BCUT2D eigenvalue weighted by Crippen LogP contribution is 2.21. The Hall–Kier alpha value is -0.530. The average molecular weight is 242 g/mol. The largest absolute Gasteiger partial charge is 0.309 e. The molecule has 1 N–H and O–H groups in total. The Morgan fingerprint density at radius 1 is 1.12 bits per heavy atom. The number of nitrogens with one attached hydrogen (secondary N) is 1. The third-order valence-corrected chi connectivity index (χ3v) is 2.85. The highest BCUT2D eigenvalue weighted by molar-refractivity contribution is 5.85. The van der Waals surface area contributed by atoms with E-state index in [9.17, 15) is 0 Å². The summed E-state index contributed by atoms with van der Waals surface area (Å²) < 4.78 is 0. The molecule has 1 unspecified atom stereocenters. The Labute approximate surface area is 106 Å². The highest BCUT2D eigenvalue weighted by Gasteiger charge is 2.21. The predicted molar refractivity (Wildman–Crippen MR) is 74.1 cm³/mol. The minimum atomic E-state index is 0. The quantitative estimate of drug-likeness (QED) is 0.840. The van der Waals surface area contributed by atoms with Gasteiger partial charge in [-0.2, -0.15) is 0 Å². The zero-order chi connectivity index (χ0) is 11.3. The second-order valence-corrected chi connectivity index (χ2v) is 5.19. The lowest BCUT2D eigenvalue weighted by molar-refractivity contribution is 0.259. The van der Waals surface area contributed by atoms with Gasteiger partial charge in [0.1, 0.15) is 0 Å². The van der Waals surface area contributed by atoms with Crippen LogP contribution in [0, 0.1) is 5.41 Å². The van der Waals surface area contributed by atoms with Crippen molar-refractivity contribution in [3.63, 3.8) is 0 Å². The van der Waals surface area contributed by atoms with E-state index in [1.807, 2.05) is 0 Å². The molecule has 0 bridgehead atoms. The van der Waals surface area contributed by atoms with Crippen molar-refractivity contribution in [1.82, 2.24) is 5.32 Å². The number of benzene rings is 1. The molecule has 2 heteroatoms. The minimum Gasteiger partial charge on any atom is -0.309 e. The SMILES string of the molecule is CCC(NCc1ccccc1)C(C)(C)C.Cl. The maximum absolute atomic E-state index is 3.63. The van der Waals surface area contributed by atoms with Crippen LogP contribution < -0.4 is 5.32 Å². The van der Waals surface area contributed by atoms with E-state index in [2.05, 4.69) is 63.3 Å². The van der Waals surface area contributed by atoms with Gasteiger partial charge in [0, 0.05) is 12.6 Å². The van der Waals surface area contributed by atoms with Crippen LogP contribution in [0.4, 0.5) is 0 Å². The summed E-state index contributed by atoms with van der Waals surface area (Å²) in [5.74, 6) is 0. The van der Waals surface area contributed by atoms with Crippen LogP contribution in [-0.2, 0) is 6.54 Å². The second kappa shape index (κ2) is 6.93. The monoisotopic (exact) mass is 241 g/mol. The maximum atomic E-state index is 3.63. The Balaban J connectivity index is 0.00000225. The summed E-state index contributed by atoms with van der Waals surface area (Å²) in [6.07, 6.45) is 1.18. The molecule has 1 rings (SSSR count). The fourth-order valence-corrected chi connectivity index (χ4v) is 1.90. The molecule has 16 heavy (non-hydrogen) atoms. The van der Waals surface area contributed by atoms with E-state index in [-0.39, 0.29) is 12.4 Å². The molecule has 0 spiro atoms. The van der Waals surface area contributed by atoms with Crippen molar-refractivity contribution in [3.8, 4) is 0 Å². The lowest BCUT2D eigenvalue weighted by Gasteiger charge is -2.30. The third kappa shape index (κ3) is 5.00. The average Bonchev–Trinajstić information content (AvgIpc) is 2.18. The van der Waals surface area contributed by atoms with Crippen molar-refractivity contribution in [2.45, 2.75) is 46.7 Å². The van der Waals surface area contributed by atoms with E-state index in [1.165, 1.54) is 12.0 Å². The van der Waals surface area contributed by atoms with E-state index in [0.29, 0.717) is 11.5 Å². The molecule has 0 aliphatic heterocycles. The molecule has 0 heterocycles. The molecule has 1 nitrogen and oxygen atoms in total. The molecule has 0 aromatic heterocycles. The van der Waals surface area contributed by atoms with Gasteiger partial charge in [-0.15, -0.1) is 12.4 Å². The van der Waals surface area contributed by atoms with Gasteiger partial charge < -0.3 is 5.32 Å². The summed E-state index contributed by atoms with van der Waals surface area (Å²) in [4.78, 5) is 0. The van der Waals surface area contributed by atoms with Crippen LogP contribution in [-0.4, -0.2) is 6.04 Å². The second-order valence-electron chi connectivity index (χ2n) is 5.19. The van der Waals surface area contributed by atoms with Crippen LogP contribution >= 0.6 is 12.4 Å². The molecule has 0 radical (unpaired) electrons. The third-order valence-electron chi connectivity index (χ3n) is 2.85. The zero-order valence-corrected chi connectivity index (χ0v) is 11.6. The normalized spacial score (nSPS) is 13.0. The minimum absolute atomic E-state index is 0. The summed E-state index contributed by atoms with van der Waals surface area (Å²) >= 11 is 0. The van der Waals surface area contributed by atoms with Crippen LogP contribution in [0.2, 0.25) is 0 Å². The van der Waals surface area contributed by atoms with Gasteiger partial charge in [-0.25, -0.2) is 0 Å². The summed E-state index contributed by atoms with van der Waals surface area (Å²) in [5.41, 5.74) is 1.70. The lowest BCUT2D eigenvalue weighted by Crippen LogP contribution is -2.39. The Bertz CT molecular complexity index is 277. The van der Waals surface area contributed by atoms with E-state index in [1.54, 1.807) is 0 Å². The van der Waals surface area contributed by atoms with Gasteiger partial charge in [0.05, 0.1) is 0 Å². The smallest absolute Gasteiger partial charge is 0.0208 e. The van der Waals surface area contributed by atoms with E-state index in [4.69, 9.17) is 0 Å². The van der Waals surface area contributed by atoms with Gasteiger partial charge in [-0.3, -0.25) is 0 Å². The topological polar surface area (TPSA) is 12.0 Å². The highest BCUT2D eigenvalue weighted by atomic mass is 35.5. The fraction of sp³-hybridized carbons (Fsp3) is 0.571. The van der Waals surface area contributed by atoms with Crippen molar-refractivity contribution in [3.05, 3.63) is 35.9 Å². The zero-order valence-electron chi connectivity index (χ0n) is 10.8. The first-order valence-electron chi connectivity index (χ1n) is 5.81. The van der Waals surface area contributed by atoms with Crippen molar-refractivity contribution < 1.29 is 0 Å². The van der Waals surface area contributed by atoms with Gasteiger partial charge in [0.2, 0.25) is 0 Å². The molecule has 1 aromatic rings. The van der Waals surface area contributed by atoms with Gasteiger partial charge in [0.25, 0.3) is 0 Å². The van der Waals surface area contributed by atoms with Gasteiger partial charge >= 0.3 is 0 Å². The Kier molecular flexibility index (Phi) is 6.70. The first-order chi connectivity index (χ1) is 7.04. The summed E-state index contributed by atoms with van der Waals surface area (Å²) in [6, 6.07) is 11.2. The number of hydrogen-bond acceptors (Lipinski definition) is 1. The maximum Gasteiger partial charge on any atom is 0.0208 e. The van der Waals surface area contributed by atoms with Gasteiger partial charge in [0.15, 0.2) is 0 Å². The van der Waals surface area contributed by atoms with Crippen molar-refractivity contribution in [1.29, 1.82) is 0 Å². The lowest BCUT2D eigenvalue weighted by atomic mass is 9.85. The molecular weight excluding hydrogens is 218 g/mol. The molecule has 0 saturated carbocycles. The summed E-state index contributed by atoms with van der Waals surface area (Å²) in [5, 5.41) is 3.63. The first-order valence-corrected chi connectivity index (χ1v) is 5.81. The number of halogens is 1. The van der Waals surface area contributed by atoms with Crippen molar-refractivity contribution >= 4 is 12.4 Å². The summed E-state index contributed by atoms with van der Waals surface area (Å²) in [6.45, 7) is 10.1. The van der Waals surface area contributed by atoms with Gasteiger partial charge in [-0.05, 0) is 17.4 Å². The molecule has 0 aliphatic rings. The molecule has 1 aromatic carbocycles. The van der Waals surface area contributed by atoms with Gasteiger partial charge in [-0.1, -0.05) is 58.0 Å². The molecule has 0 saturated heterocycles. The van der Waals surface area contributed by atoms with E-state index >= 15 is 0 Å². The number of rotatable bonds is 4. The number of hydrogen-bond donors (Lipinski definition) is 1. The molecule has 0 fully saturated rings. The molecular formula is C14H24ClN. The van der Waals surface area contributed by atoms with Crippen LogP contribution in [0.15, 0.2) is 30.3 Å². The fourth-order valence-electron chi connectivity index (χ4n) is 1.90. The predicted octanol–water partition coefficient (Wildman–Crippen LogP) is 4.02. The van der Waals surface area contributed by atoms with Crippen molar-refractivity contribution in [2.24, 2.45) is 5.41 Å². The Morgan fingerprint density at radius 3 is 2.12 bits per heavy atom. The van der Waals surface area contributed by atoms with Crippen LogP contribution in [0.25, 0.3) is 0 Å². The van der Waals surface area contributed by atoms with Crippen molar-refractivity contribution in [2.75, 3.05) is 0 Å². The van der Waals surface area contributed by atoms with E-state index in [0.717, 1.165) is 6.54 Å².